The molecule has 0 aliphatic heterocycles. The van der Waals surface area contributed by atoms with Crippen LogP contribution in [0.3, 0.4) is 0 Å². The summed E-state index contributed by atoms with van der Waals surface area (Å²) < 4.78 is 1.03. The average Bonchev–Trinajstić information content (AvgIpc) is 2.58. The molecule has 2 aromatic carbocycles. The number of phenols is 1. The lowest BCUT2D eigenvalue weighted by Gasteiger charge is -2.08. The minimum Gasteiger partial charge on any atom is -0.508 e. The Labute approximate surface area is 143 Å². The first-order valence-corrected chi connectivity index (χ1v) is 8.11. The fraction of sp³-hybridized carbons (Fsp3) is 0.111. The summed E-state index contributed by atoms with van der Waals surface area (Å²) in [4.78, 5) is 8.84. The Morgan fingerprint density at radius 2 is 1.78 bits per heavy atom. The Bertz CT molecular complexity index is 790. The van der Waals surface area contributed by atoms with Gasteiger partial charge in [0.1, 0.15) is 11.6 Å². The highest BCUT2D eigenvalue weighted by molar-refractivity contribution is 9.10. The van der Waals surface area contributed by atoms with Crippen molar-refractivity contribution in [1.29, 1.82) is 0 Å². The standard InChI is InChI=1S/C18H16BrN3O/c19-15-7-5-14(6-8-15)18-21-12-10-17(22-18)20-11-9-13-3-1-2-4-16(13)23/h1-8,10,12,23H,9,11H2,(H,20,21,22). The van der Waals surface area contributed by atoms with Crippen LogP contribution in [0.2, 0.25) is 0 Å². The molecule has 3 rings (SSSR count). The molecule has 0 saturated carbocycles. The van der Waals surface area contributed by atoms with Gasteiger partial charge in [-0.1, -0.05) is 46.3 Å². The maximum Gasteiger partial charge on any atom is 0.161 e. The van der Waals surface area contributed by atoms with Crippen LogP contribution >= 0.6 is 15.9 Å². The third kappa shape index (κ3) is 4.07. The fourth-order valence-corrected chi connectivity index (χ4v) is 2.51. The molecule has 1 heterocycles. The number of phenolic OH excluding ortho intramolecular Hbond substituents is 1. The molecule has 23 heavy (non-hydrogen) atoms. The van der Waals surface area contributed by atoms with Crippen LogP contribution in [0, 0.1) is 0 Å². The van der Waals surface area contributed by atoms with Crippen LogP contribution in [0.25, 0.3) is 11.4 Å². The second kappa shape index (κ2) is 7.24. The van der Waals surface area contributed by atoms with Crippen molar-refractivity contribution in [2.75, 3.05) is 11.9 Å². The number of aromatic nitrogens is 2. The monoisotopic (exact) mass is 369 g/mol. The van der Waals surface area contributed by atoms with Gasteiger partial charge in [0.2, 0.25) is 0 Å². The molecule has 0 amide bonds. The maximum atomic E-state index is 9.77. The van der Waals surface area contributed by atoms with Gasteiger partial charge in [-0.3, -0.25) is 0 Å². The number of rotatable bonds is 5. The van der Waals surface area contributed by atoms with Gasteiger partial charge in [-0.25, -0.2) is 9.97 Å². The molecule has 0 atom stereocenters. The number of hydrogen-bond donors (Lipinski definition) is 2. The number of benzene rings is 2. The van der Waals surface area contributed by atoms with E-state index in [9.17, 15) is 5.11 Å². The average molecular weight is 370 g/mol. The molecule has 0 fully saturated rings. The summed E-state index contributed by atoms with van der Waals surface area (Å²) in [5, 5.41) is 13.0. The number of nitrogens with zero attached hydrogens (tertiary/aromatic N) is 2. The highest BCUT2D eigenvalue weighted by Crippen LogP contribution is 2.20. The molecule has 0 aliphatic carbocycles. The van der Waals surface area contributed by atoms with E-state index in [4.69, 9.17) is 0 Å². The molecule has 0 saturated heterocycles. The van der Waals surface area contributed by atoms with E-state index >= 15 is 0 Å². The van der Waals surface area contributed by atoms with Crippen LogP contribution in [0.1, 0.15) is 5.56 Å². The van der Waals surface area contributed by atoms with E-state index in [1.54, 1.807) is 12.3 Å². The molecule has 0 bridgehead atoms. The normalized spacial score (nSPS) is 10.5. The van der Waals surface area contributed by atoms with Crippen LogP contribution in [-0.2, 0) is 6.42 Å². The Morgan fingerprint density at radius 3 is 2.57 bits per heavy atom. The molecule has 3 aromatic rings. The first-order chi connectivity index (χ1) is 11.2. The second-order valence-corrected chi connectivity index (χ2v) is 5.99. The van der Waals surface area contributed by atoms with Crippen LogP contribution in [0.15, 0.2) is 65.3 Å². The predicted molar refractivity (Wildman–Crippen MR) is 95.5 cm³/mol. The zero-order valence-corrected chi connectivity index (χ0v) is 14.0. The lowest BCUT2D eigenvalue weighted by atomic mass is 10.1. The van der Waals surface area contributed by atoms with Gasteiger partial charge < -0.3 is 10.4 Å². The van der Waals surface area contributed by atoms with Gasteiger partial charge in [0.05, 0.1) is 0 Å². The van der Waals surface area contributed by atoms with Crippen molar-refractivity contribution in [1.82, 2.24) is 9.97 Å². The molecule has 0 spiro atoms. The number of hydrogen-bond acceptors (Lipinski definition) is 4. The van der Waals surface area contributed by atoms with Crippen molar-refractivity contribution < 1.29 is 5.11 Å². The Kier molecular flexibility index (Phi) is 4.88. The van der Waals surface area contributed by atoms with Gasteiger partial charge in [-0.15, -0.1) is 0 Å². The van der Waals surface area contributed by atoms with Gasteiger partial charge >= 0.3 is 0 Å². The smallest absolute Gasteiger partial charge is 0.161 e. The molecule has 0 unspecified atom stereocenters. The zero-order chi connectivity index (χ0) is 16.1. The topological polar surface area (TPSA) is 58.0 Å². The Morgan fingerprint density at radius 1 is 1.00 bits per heavy atom. The first-order valence-electron chi connectivity index (χ1n) is 7.32. The molecule has 0 radical (unpaired) electrons. The summed E-state index contributed by atoms with van der Waals surface area (Å²) in [6.45, 7) is 0.689. The van der Waals surface area contributed by atoms with Crippen LogP contribution in [0.5, 0.6) is 5.75 Å². The van der Waals surface area contributed by atoms with E-state index in [0.717, 1.165) is 27.8 Å². The molecule has 2 N–H and O–H groups in total. The van der Waals surface area contributed by atoms with E-state index in [1.165, 1.54) is 0 Å². The lowest BCUT2D eigenvalue weighted by molar-refractivity contribution is 0.468. The van der Waals surface area contributed by atoms with Gasteiger partial charge in [0.25, 0.3) is 0 Å². The molecule has 1 aromatic heterocycles. The van der Waals surface area contributed by atoms with Crippen molar-refractivity contribution >= 4 is 21.7 Å². The van der Waals surface area contributed by atoms with Gasteiger partial charge in [-0.05, 0) is 36.2 Å². The highest BCUT2D eigenvalue weighted by atomic mass is 79.9. The Hall–Kier alpha value is -2.40. The zero-order valence-electron chi connectivity index (χ0n) is 12.4. The molecule has 116 valence electrons. The summed E-state index contributed by atoms with van der Waals surface area (Å²) in [6, 6.07) is 17.1. The van der Waals surface area contributed by atoms with Crippen LogP contribution in [-0.4, -0.2) is 21.6 Å². The fourth-order valence-electron chi connectivity index (χ4n) is 2.24. The molecular formula is C18H16BrN3O. The minimum absolute atomic E-state index is 0.326. The lowest BCUT2D eigenvalue weighted by Crippen LogP contribution is -2.07. The van der Waals surface area contributed by atoms with Crippen LogP contribution in [0.4, 0.5) is 5.82 Å². The summed E-state index contributed by atoms with van der Waals surface area (Å²) in [7, 11) is 0. The van der Waals surface area contributed by atoms with Crippen molar-refractivity contribution in [3.05, 3.63) is 70.8 Å². The van der Waals surface area contributed by atoms with Crippen molar-refractivity contribution in [3.63, 3.8) is 0 Å². The molecular weight excluding hydrogens is 354 g/mol. The molecule has 0 aliphatic rings. The Balaban J connectivity index is 1.66. The summed E-state index contributed by atoms with van der Waals surface area (Å²) in [6.07, 6.45) is 2.47. The second-order valence-electron chi connectivity index (χ2n) is 5.08. The van der Waals surface area contributed by atoms with Crippen molar-refractivity contribution in [2.24, 2.45) is 0 Å². The van der Waals surface area contributed by atoms with Gasteiger partial charge in [-0.2, -0.15) is 0 Å². The largest absolute Gasteiger partial charge is 0.508 e. The van der Waals surface area contributed by atoms with E-state index < -0.39 is 0 Å². The van der Waals surface area contributed by atoms with Crippen molar-refractivity contribution in [3.8, 4) is 17.1 Å². The highest BCUT2D eigenvalue weighted by Gasteiger charge is 2.03. The number of nitrogens with one attached hydrogen (secondary N) is 1. The van der Waals surface area contributed by atoms with E-state index in [1.807, 2.05) is 48.5 Å². The number of anilines is 1. The quantitative estimate of drug-likeness (QED) is 0.705. The first kappa shape index (κ1) is 15.5. The van der Waals surface area contributed by atoms with Crippen LogP contribution < -0.4 is 5.32 Å². The number of halogens is 1. The SMILES string of the molecule is Oc1ccccc1CCNc1ccnc(-c2ccc(Br)cc2)n1. The summed E-state index contributed by atoms with van der Waals surface area (Å²) in [5.74, 6) is 1.78. The number of para-hydroxylation sites is 1. The molecule has 4 nitrogen and oxygen atoms in total. The summed E-state index contributed by atoms with van der Waals surface area (Å²) in [5.41, 5.74) is 1.89. The predicted octanol–water partition coefficient (Wildman–Crippen LogP) is 4.27. The third-order valence-electron chi connectivity index (χ3n) is 3.45. The van der Waals surface area contributed by atoms with Gasteiger partial charge in [0.15, 0.2) is 5.82 Å². The van der Waals surface area contributed by atoms with E-state index in [2.05, 4.69) is 31.2 Å². The summed E-state index contributed by atoms with van der Waals surface area (Å²) >= 11 is 3.42. The molecule has 5 heteroatoms. The van der Waals surface area contributed by atoms with E-state index in [0.29, 0.717) is 18.1 Å². The maximum absolute atomic E-state index is 9.77. The minimum atomic E-state index is 0.326. The third-order valence-corrected chi connectivity index (χ3v) is 3.98. The van der Waals surface area contributed by atoms with Crippen molar-refractivity contribution in [2.45, 2.75) is 6.42 Å². The van der Waals surface area contributed by atoms with Gasteiger partial charge in [0, 0.05) is 22.8 Å². The number of aromatic hydroxyl groups is 1. The van der Waals surface area contributed by atoms with E-state index in [-0.39, 0.29) is 0 Å².